The fraction of sp³-hybridized carbons (Fsp3) is 0.136. The normalized spacial score (nSPS) is 11.9. The van der Waals surface area contributed by atoms with E-state index >= 15 is 0 Å². The van der Waals surface area contributed by atoms with Crippen molar-refractivity contribution >= 4 is 27.4 Å². The van der Waals surface area contributed by atoms with Crippen LogP contribution in [-0.4, -0.2) is 18.9 Å². The molecular weight excluding hydrogens is 376 g/mol. The van der Waals surface area contributed by atoms with Crippen LogP contribution < -0.4 is 0 Å². The fourth-order valence-electron chi connectivity index (χ4n) is 2.66. The van der Waals surface area contributed by atoms with Gasteiger partial charge in [0.2, 0.25) is 0 Å². The van der Waals surface area contributed by atoms with Crippen LogP contribution in [0.5, 0.6) is 0 Å². The molecule has 0 bridgehead atoms. The molecule has 0 N–H and O–H groups in total. The summed E-state index contributed by atoms with van der Waals surface area (Å²) in [7, 11) is -3.80. The zero-order valence-corrected chi connectivity index (χ0v) is 16.8. The number of Topliss-reactive ketones (excluding diaryl/α,β-unsaturated/α-hetero) is 1. The number of rotatable bonds is 6. The summed E-state index contributed by atoms with van der Waals surface area (Å²) in [6.07, 6.45) is 0. The lowest BCUT2D eigenvalue weighted by atomic mass is 10.0. The van der Waals surface area contributed by atoms with Crippen LogP contribution in [0.3, 0.4) is 0 Å². The van der Waals surface area contributed by atoms with E-state index in [-0.39, 0.29) is 4.90 Å². The molecule has 0 atom stereocenters. The minimum Gasteiger partial charge on any atom is -0.292 e. The van der Waals surface area contributed by atoms with Crippen LogP contribution in [0.4, 0.5) is 0 Å². The van der Waals surface area contributed by atoms with Crippen molar-refractivity contribution in [2.24, 2.45) is 0 Å². The van der Waals surface area contributed by atoms with Crippen molar-refractivity contribution in [1.82, 2.24) is 0 Å². The third-order valence-electron chi connectivity index (χ3n) is 4.37. The molecule has 3 rings (SSSR count). The smallest absolute Gasteiger partial charge is 0.190 e. The number of carbonyl (C=O) groups excluding carboxylic acids is 1. The lowest BCUT2D eigenvalue weighted by Gasteiger charge is -2.23. The topological polar surface area (TPSA) is 51.2 Å². The molecule has 3 aromatic carbocycles. The maximum atomic E-state index is 13.0. The van der Waals surface area contributed by atoms with E-state index in [0.29, 0.717) is 5.56 Å². The maximum absolute atomic E-state index is 13.0. The number of sulfone groups is 1. The summed E-state index contributed by atoms with van der Waals surface area (Å²) in [5, 5.41) is 0. The van der Waals surface area contributed by atoms with Gasteiger partial charge in [-0.25, -0.2) is 8.42 Å². The molecule has 0 aliphatic rings. The van der Waals surface area contributed by atoms with Crippen molar-refractivity contribution in [3.05, 3.63) is 90.5 Å². The molecule has 0 saturated carbocycles. The van der Waals surface area contributed by atoms with Crippen LogP contribution in [0, 0.1) is 0 Å². The summed E-state index contributed by atoms with van der Waals surface area (Å²) in [5.41, 5.74) is 0.386. The van der Waals surface area contributed by atoms with Gasteiger partial charge >= 0.3 is 0 Å². The Hall–Kier alpha value is -2.37. The standard InChI is InChI=1S/C22H20O3S2/c1-22(2,27(24,25)20-11-7-4-8-12-20)21(23)17-13-15-19(16-14-17)26-18-9-5-3-6-10-18/h3-16H,1-2H3. The van der Waals surface area contributed by atoms with E-state index in [2.05, 4.69) is 0 Å². The van der Waals surface area contributed by atoms with Gasteiger partial charge in [0, 0.05) is 15.4 Å². The summed E-state index contributed by atoms with van der Waals surface area (Å²) in [4.78, 5) is 15.2. The Morgan fingerprint density at radius 2 is 1.22 bits per heavy atom. The van der Waals surface area contributed by atoms with Crippen LogP contribution in [0.25, 0.3) is 0 Å². The van der Waals surface area contributed by atoms with Gasteiger partial charge in [-0.3, -0.25) is 4.79 Å². The van der Waals surface area contributed by atoms with Crippen molar-refractivity contribution in [2.45, 2.75) is 33.3 Å². The first-order chi connectivity index (χ1) is 12.8. The molecule has 0 heterocycles. The molecule has 5 heteroatoms. The van der Waals surface area contributed by atoms with Crippen LogP contribution >= 0.6 is 11.8 Å². The Bertz CT molecular complexity index is 1020. The Balaban J connectivity index is 1.84. The first-order valence-electron chi connectivity index (χ1n) is 8.50. The van der Waals surface area contributed by atoms with E-state index in [1.54, 1.807) is 42.1 Å². The molecule has 0 aliphatic carbocycles. The van der Waals surface area contributed by atoms with E-state index in [1.165, 1.54) is 26.0 Å². The average molecular weight is 397 g/mol. The van der Waals surface area contributed by atoms with E-state index in [1.807, 2.05) is 42.5 Å². The zero-order chi connectivity index (χ0) is 19.5. The van der Waals surface area contributed by atoms with Gasteiger partial charge in [0.1, 0.15) is 4.75 Å². The lowest BCUT2D eigenvalue weighted by molar-refractivity contribution is 0.0953. The predicted molar refractivity (Wildman–Crippen MR) is 109 cm³/mol. The highest BCUT2D eigenvalue weighted by atomic mass is 32.2. The summed E-state index contributed by atoms with van der Waals surface area (Å²) in [6, 6.07) is 25.1. The van der Waals surface area contributed by atoms with Gasteiger partial charge in [0.05, 0.1) is 4.90 Å². The first-order valence-corrected chi connectivity index (χ1v) is 10.8. The molecule has 0 aromatic heterocycles. The lowest BCUT2D eigenvalue weighted by Crippen LogP contribution is -2.40. The third kappa shape index (κ3) is 3.99. The van der Waals surface area contributed by atoms with Gasteiger partial charge in [-0.05, 0) is 50.2 Å². The molecule has 0 unspecified atom stereocenters. The van der Waals surface area contributed by atoms with Crippen molar-refractivity contribution < 1.29 is 13.2 Å². The van der Waals surface area contributed by atoms with Crippen molar-refractivity contribution in [3.63, 3.8) is 0 Å². The maximum Gasteiger partial charge on any atom is 0.190 e. The molecule has 0 saturated heterocycles. The number of ketones is 1. The minimum atomic E-state index is -3.80. The quantitative estimate of drug-likeness (QED) is 0.533. The molecular formula is C22H20O3S2. The number of carbonyl (C=O) groups is 1. The van der Waals surface area contributed by atoms with Gasteiger partial charge in [0.15, 0.2) is 15.6 Å². The van der Waals surface area contributed by atoms with Crippen molar-refractivity contribution in [1.29, 1.82) is 0 Å². The third-order valence-corrected chi connectivity index (χ3v) is 7.81. The molecule has 0 fully saturated rings. The van der Waals surface area contributed by atoms with Crippen LogP contribution in [-0.2, 0) is 9.84 Å². The summed E-state index contributed by atoms with van der Waals surface area (Å²) in [6.45, 7) is 2.93. The fourth-order valence-corrected chi connectivity index (χ4v) is 4.97. The van der Waals surface area contributed by atoms with Crippen LogP contribution in [0.2, 0.25) is 0 Å². The highest BCUT2D eigenvalue weighted by Gasteiger charge is 2.42. The number of hydrogen-bond donors (Lipinski definition) is 0. The second kappa shape index (κ2) is 7.71. The highest BCUT2D eigenvalue weighted by molar-refractivity contribution is 7.99. The SMILES string of the molecule is CC(C)(C(=O)c1ccc(Sc2ccccc2)cc1)S(=O)(=O)c1ccccc1. The number of benzene rings is 3. The predicted octanol–water partition coefficient (Wildman–Crippen LogP) is 5.27. The average Bonchev–Trinajstić information content (AvgIpc) is 2.69. The second-order valence-electron chi connectivity index (χ2n) is 6.60. The summed E-state index contributed by atoms with van der Waals surface area (Å²) >= 11 is 1.59. The molecule has 0 aliphatic heterocycles. The van der Waals surface area contributed by atoms with Gasteiger partial charge < -0.3 is 0 Å². The van der Waals surface area contributed by atoms with Crippen molar-refractivity contribution in [2.75, 3.05) is 0 Å². The first kappa shape index (κ1) is 19.4. The van der Waals surface area contributed by atoms with Gasteiger partial charge in [-0.2, -0.15) is 0 Å². The zero-order valence-electron chi connectivity index (χ0n) is 15.1. The Labute approximate surface area is 164 Å². The van der Waals surface area contributed by atoms with Crippen LogP contribution in [0.15, 0.2) is 99.6 Å². The van der Waals surface area contributed by atoms with E-state index in [9.17, 15) is 13.2 Å². The molecule has 3 aromatic rings. The molecule has 0 radical (unpaired) electrons. The summed E-state index contributed by atoms with van der Waals surface area (Å²) in [5.74, 6) is -0.414. The Morgan fingerprint density at radius 1 is 0.741 bits per heavy atom. The monoisotopic (exact) mass is 396 g/mol. The van der Waals surface area contributed by atoms with E-state index in [4.69, 9.17) is 0 Å². The summed E-state index contributed by atoms with van der Waals surface area (Å²) < 4.78 is 24.4. The Kier molecular flexibility index (Phi) is 5.53. The molecule has 0 spiro atoms. The Morgan fingerprint density at radius 3 is 1.78 bits per heavy atom. The molecule has 138 valence electrons. The largest absolute Gasteiger partial charge is 0.292 e. The van der Waals surface area contributed by atoms with Crippen molar-refractivity contribution in [3.8, 4) is 0 Å². The second-order valence-corrected chi connectivity index (χ2v) is 10.2. The minimum absolute atomic E-state index is 0.152. The van der Waals surface area contributed by atoms with E-state index < -0.39 is 20.4 Å². The molecule has 27 heavy (non-hydrogen) atoms. The van der Waals surface area contributed by atoms with Gasteiger partial charge in [-0.15, -0.1) is 0 Å². The van der Waals surface area contributed by atoms with Crippen LogP contribution in [0.1, 0.15) is 24.2 Å². The number of hydrogen-bond acceptors (Lipinski definition) is 4. The van der Waals surface area contributed by atoms with Gasteiger partial charge in [-0.1, -0.05) is 60.3 Å². The molecule has 0 amide bonds. The van der Waals surface area contributed by atoms with E-state index in [0.717, 1.165) is 9.79 Å². The highest BCUT2D eigenvalue weighted by Crippen LogP contribution is 2.31. The molecule has 3 nitrogen and oxygen atoms in total. The van der Waals surface area contributed by atoms with Gasteiger partial charge in [0.25, 0.3) is 0 Å².